The molecule has 0 radical (unpaired) electrons. The number of nitrogens with zero attached hydrogens (tertiary/aromatic N) is 3. The molecule has 10 heteroatoms. The molecule has 0 fully saturated rings. The van der Waals surface area contributed by atoms with Crippen molar-refractivity contribution in [2.45, 2.75) is 11.6 Å². The fourth-order valence-corrected chi connectivity index (χ4v) is 3.76. The van der Waals surface area contributed by atoms with E-state index in [1.54, 1.807) is 12.1 Å². The first-order chi connectivity index (χ1) is 15.0. The van der Waals surface area contributed by atoms with E-state index in [-0.39, 0.29) is 17.5 Å². The Morgan fingerprint density at radius 3 is 2.65 bits per heavy atom. The average Bonchev–Trinajstić information content (AvgIpc) is 3.19. The minimum atomic E-state index is -0.469. The molecule has 0 bridgehead atoms. The number of thioether (sulfide) groups is 1. The Balaban J connectivity index is 1.40. The van der Waals surface area contributed by atoms with Crippen molar-refractivity contribution in [3.05, 3.63) is 81.6 Å². The molecule has 31 heavy (non-hydrogen) atoms. The van der Waals surface area contributed by atoms with E-state index in [1.807, 2.05) is 24.3 Å². The lowest BCUT2D eigenvalue weighted by atomic mass is 10.1. The summed E-state index contributed by atoms with van der Waals surface area (Å²) in [7, 11) is 0. The largest absolute Gasteiger partial charge is 0.355 e. The van der Waals surface area contributed by atoms with Crippen molar-refractivity contribution >= 4 is 34.9 Å². The third-order valence-corrected chi connectivity index (χ3v) is 5.63. The van der Waals surface area contributed by atoms with Crippen LogP contribution in [0, 0.1) is 5.82 Å². The van der Waals surface area contributed by atoms with E-state index in [1.165, 1.54) is 18.3 Å². The molecule has 0 aliphatic carbocycles. The Morgan fingerprint density at radius 2 is 1.90 bits per heavy atom. The fraction of sp³-hybridized carbons (Fsp3) is 0.143. The highest BCUT2D eigenvalue weighted by atomic mass is 35.5. The number of benzene rings is 2. The zero-order valence-electron chi connectivity index (χ0n) is 16.1. The smallest absolute Gasteiger partial charge is 0.350 e. The van der Waals surface area contributed by atoms with Crippen LogP contribution in [0.2, 0.25) is 5.02 Å². The molecule has 1 amide bonds. The van der Waals surface area contributed by atoms with Crippen LogP contribution in [0.4, 0.5) is 4.39 Å². The second-order valence-corrected chi connectivity index (χ2v) is 8.06. The first-order valence-electron chi connectivity index (χ1n) is 9.37. The van der Waals surface area contributed by atoms with E-state index < -0.39 is 5.69 Å². The first kappa shape index (κ1) is 21.1. The Labute approximate surface area is 185 Å². The molecule has 4 aromatic rings. The summed E-state index contributed by atoms with van der Waals surface area (Å²) in [5.74, 6) is -0.433. The summed E-state index contributed by atoms with van der Waals surface area (Å²) in [6.07, 6.45) is 2.19. The quantitative estimate of drug-likeness (QED) is 0.415. The minimum Gasteiger partial charge on any atom is -0.355 e. The maximum Gasteiger partial charge on any atom is 0.350 e. The van der Waals surface area contributed by atoms with Crippen LogP contribution < -0.4 is 11.0 Å². The van der Waals surface area contributed by atoms with Crippen LogP contribution in [-0.2, 0) is 11.2 Å². The number of hydrogen-bond donors (Lipinski definition) is 2. The highest BCUT2D eigenvalue weighted by molar-refractivity contribution is 7.99. The molecule has 0 saturated heterocycles. The molecule has 2 aromatic carbocycles. The van der Waals surface area contributed by atoms with Crippen LogP contribution in [0.5, 0.6) is 0 Å². The van der Waals surface area contributed by atoms with Gasteiger partial charge in [0, 0.05) is 17.1 Å². The maximum absolute atomic E-state index is 13.2. The van der Waals surface area contributed by atoms with Gasteiger partial charge in [-0.15, -0.1) is 0 Å². The zero-order chi connectivity index (χ0) is 21.8. The monoisotopic (exact) mass is 457 g/mol. The Morgan fingerprint density at radius 1 is 1.16 bits per heavy atom. The van der Waals surface area contributed by atoms with Crippen LogP contribution in [-0.4, -0.2) is 37.8 Å². The summed E-state index contributed by atoms with van der Waals surface area (Å²) in [6.45, 7) is 0.487. The van der Waals surface area contributed by atoms with Crippen LogP contribution in [0.15, 0.2) is 64.7 Å². The van der Waals surface area contributed by atoms with Gasteiger partial charge in [0.15, 0.2) is 10.8 Å². The summed E-state index contributed by atoms with van der Waals surface area (Å²) < 4.78 is 14.3. The number of carbonyl (C=O) groups excluding carboxylic acids is 1. The van der Waals surface area contributed by atoms with Gasteiger partial charge in [-0.2, -0.15) is 9.61 Å². The topological polar surface area (TPSA) is 92.2 Å². The van der Waals surface area contributed by atoms with Crippen molar-refractivity contribution in [2.24, 2.45) is 0 Å². The molecule has 0 atom stereocenters. The van der Waals surface area contributed by atoms with E-state index in [4.69, 9.17) is 11.6 Å². The highest BCUT2D eigenvalue weighted by Gasteiger charge is 2.13. The van der Waals surface area contributed by atoms with E-state index in [0.29, 0.717) is 39.9 Å². The summed E-state index contributed by atoms with van der Waals surface area (Å²) in [5, 5.41) is 7.86. The van der Waals surface area contributed by atoms with Crippen molar-refractivity contribution < 1.29 is 9.18 Å². The number of amides is 1. The second-order valence-electron chi connectivity index (χ2n) is 6.66. The fourth-order valence-electron chi connectivity index (χ4n) is 2.95. The van der Waals surface area contributed by atoms with Gasteiger partial charge in [-0.1, -0.05) is 47.6 Å². The Hall–Kier alpha value is -3.17. The van der Waals surface area contributed by atoms with E-state index in [0.717, 1.165) is 21.8 Å². The molecule has 2 aromatic heterocycles. The van der Waals surface area contributed by atoms with E-state index in [2.05, 4.69) is 20.4 Å². The van der Waals surface area contributed by atoms with Gasteiger partial charge in [0.25, 0.3) is 0 Å². The SMILES string of the molecule is O=C(CSc1nc2c(-c3ccc(F)cc3)cnn2c(=O)[nH]1)NCCc1ccc(Cl)cc1. The Bertz CT molecular complexity index is 1270. The highest BCUT2D eigenvalue weighted by Crippen LogP contribution is 2.24. The van der Waals surface area contributed by atoms with E-state index in [9.17, 15) is 14.0 Å². The normalized spacial score (nSPS) is 11.0. The molecule has 0 spiro atoms. The Kier molecular flexibility index (Phi) is 6.34. The van der Waals surface area contributed by atoms with Gasteiger partial charge < -0.3 is 5.32 Å². The lowest BCUT2D eigenvalue weighted by molar-refractivity contribution is -0.118. The molecule has 2 heterocycles. The van der Waals surface area contributed by atoms with Crippen molar-refractivity contribution in [1.82, 2.24) is 24.9 Å². The zero-order valence-corrected chi connectivity index (χ0v) is 17.7. The number of aromatic nitrogens is 4. The third kappa shape index (κ3) is 5.12. The number of rotatable bonds is 7. The number of carbonyl (C=O) groups is 1. The number of nitrogens with one attached hydrogen (secondary N) is 2. The van der Waals surface area contributed by atoms with Crippen molar-refractivity contribution in [3.8, 4) is 11.1 Å². The molecular formula is C21H17ClFN5O2S. The second kappa shape index (κ2) is 9.32. The summed E-state index contributed by atoms with van der Waals surface area (Å²) >= 11 is 6.98. The van der Waals surface area contributed by atoms with Crippen molar-refractivity contribution in [2.75, 3.05) is 12.3 Å². The number of aromatic amines is 1. The lowest BCUT2D eigenvalue weighted by Gasteiger charge is -2.06. The average molecular weight is 458 g/mol. The van der Waals surface area contributed by atoms with Gasteiger partial charge in [-0.05, 0) is 41.8 Å². The van der Waals surface area contributed by atoms with Gasteiger partial charge >= 0.3 is 5.69 Å². The third-order valence-electron chi connectivity index (χ3n) is 4.50. The van der Waals surface area contributed by atoms with Gasteiger partial charge in [0.05, 0.1) is 11.9 Å². The molecule has 0 aliphatic heterocycles. The lowest BCUT2D eigenvalue weighted by Crippen LogP contribution is -2.27. The van der Waals surface area contributed by atoms with Crippen LogP contribution in [0.25, 0.3) is 16.8 Å². The number of halogens is 2. The number of fused-ring (bicyclic) bond motifs is 1. The molecule has 4 rings (SSSR count). The van der Waals surface area contributed by atoms with Gasteiger partial charge in [-0.25, -0.2) is 14.2 Å². The maximum atomic E-state index is 13.2. The molecule has 7 nitrogen and oxygen atoms in total. The first-order valence-corrected chi connectivity index (χ1v) is 10.7. The summed E-state index contributed by atoms with van der Waals surface area (Å²) in [5.41, 5.74) is 2.22. The van der Waals surface area contributed by atoms with Crippen LogP contribution in [0.3, 0.4) is 0 Å². The van der Waals surface area contributed by atoms with E-state index >= 15 is 0 Å². The predicted molar refractivity (Wildman–Crippen MR) is 118 cm³/mol. The van der Waals surface area contributed by atoms with Gasteiger partial charge in [0.1, 0.15) is 5.82 Å². The number of H-pyrrole nitrogens is 1. The molecule has 0 saturated carbocycles. The van der Waals surface area contributed by atoms with Gasteiger partial charge in [0.2, 0.25) is 5.91 Å². The summed E-state index contributed by atoms with van der Waals surface area (Å²) in [6, 6.07) is 13.3. The summed E-state index contributed by atoms with van der Waals surface area (Å²) in [4.78, 5) is 31.5. The molecule has 158 valence electrons. The molecule has 0 unspecified atom stereocenters. The van der Waals surface area contributed by atoms with Crippen molar-refractivity contribution in [1.29, 1.82) is 0 Å². The minimum absolute atomic E-state index is 0.0970. The predicted octanol–water partition coefficient (Wildman–Crippen LogP) is 3.33. The van der Waals surface area contributed by atoms with Crippen LogP contribution >= 0.6 is 23.4 Å². The standard InChI is InChI=1S/C21H17ClFN5O2S/c22-15-5-1-13(2-6-15)9-10-24-18(29)12-31-20-26-19-17(11-25-28(19)21(30)27-20)14-3-7-16(23)8-4-14/h1-8,11H,9-10,12H2,(H,24,29)(H,26,27,30). The molecule has 0 aliphatic rings. The molecular weight excluding hydrogens is 441 g/mol. The molecule has 2 N–H and O–H groups in total. The number of hydrogen-bond acceptors (Lipinski definition) is 5. The van der Waals surface area contributed by atoms with Crippen LogP contribution in [0.1, 0.15) is 5.56 Å². The van der Waals surface area contributed by atoms with Gasteiger partial charge in [-0.3, -0.25) is 9.78 Å². The van der Waals surface area contributed by atoms with Crippen molar-refractivity contribution in [3.63, 3.8) is 0 Å².